The average Bonchev–Trinajstić information content (AvgIpc) is 2.45. The van der Waals surface area contributed by atoms with Crippen molar-refractivity contribution in [3.8, 4) is 0 Å². The summed E-state index contributed by atoms with van der Waals surface area (Å²) < 4.78 is 0. The Morgan fingerprint density at radius 2 is 2.25 bits per heavy atom. The summed E-state index contributed by atoms with van der Waals surface area (Å²) in [6, 6.07) is 7.14. The first-order valence-corrected chi connectivity index (χ1v) is 6.47. The number of carbonyl (C=O) groups excluding carboxylic acids is 2. The number of benzene rings is 1. The Balaban J connectivity index is 2.11. The largest absolute Gasteiger partial charge is 0.359 e. The molecule has 1 saturated heterocycles. The molecular formula is C14H18N4O2. The fourth-order valence-corrected chi connectivity index (χ4v) is 2.03. The molecule has 0 bridgehead atoms. The highest BCUT2D eigenvalue weighted by Gasteiger charge is 2.19. The molecule has 1 aliphatic rings. The van der Waals surface area contributed by atoms with Gasteiger partial charge in [0.15, 0.2) is 0 Å². The molecule has 0 radical (unpaired) electrons. The first-order valence-electron chi connectivity index (χ1n) is 6.47. The Hall–Kier alpha value is -2.50. The van der Waals surface area contributed by atoms with Gasteiger partial charge in [0.2, 0.25) is 5.91 Å². The maximum atomic E-state index is 11.7. The number of rotatable bonds is 4. The second-order valence-electron chi connectivity index (χ2n) is 4.41. The van der Waals surface area contributed by atoms with Gasteiger partial charge >= 0.3 is 6.03 Å². The van der Waals surface area contributed by atoms with Crippen LogP contribution in [-0.4, -0.2) is 38.1 Å². The number of hydrogen-bond donors (Lipinski definition) is 3. The zero-order valence-corrected chi connectivity index (χ0v) is 11.2. The summed E-state index contributed by atoms with van der Waals surface area (Å²) in [5.74, 6) is -0.0119. The van der Waals surface area contributed by atoms with E-state index in [4.69, 9.17) is 0 Å². The van der Waals surface area contributed by atoms with Gasteiger partial charge in [0.25, 0.3) is 0 Å². The molecule has 0 saturated carbocycles. The van der Waals surface area contributed by atoms with Crippen LogP contribution < -0.4 is 20.9 Å². The maximum Gasteiger partial charge on any atom is 0.319 e. The topological polar surface area (TPSA) is 73.5 Å². The molecule has 1 aliphatic heterocycles. The van der Waals surface area contributed by atoms with Crippen LogP contribution in [0.25, 0.3) is 0 Å². The van der Waals surface area contributed by atoms with E-state index in [-0.39, 0.29) is 11.9 Å². The lowest BCUT2D eigenvalue weighted by atomic mass is 10.2. The van der Waals surface area contributed by atoms with Crippen LogP contribution in [-0.2, 0) is 4.79 Å². The second-order valence-corrected chi connectivity index (χ2v) is 4.41. The van der Waals surface area contributed by atoms with E-state index < -0.39 is 0 Å². The Morgan fingerprint density at radius 1 is 1.45 bits per heavy atom. The third-order valence-electron chi connectivity index (χ3n) is 2.94. The van der Waals surface area contributed by atoms with Gasteiger partial charge in [-0.1, -0.05) is 18.2 Å². The minimum Gasteiger partial charge on any atom is -0.359 e. The molecule has 106 valence electrons. The Kier molecular flexibility index (Phi) is 4.60. The molecule has 1 fully saturated rings. The molecule has 0 spiro atoms. The summed E-state index contributed by atoms with van der Waals surface area (Å²) in [5, 5.41) is 8.22. The smallest absolute Gasteiger partial charge is 0.319 e. The number of nitrogens with zero attached hydrogens (tertiary/aromatic N) is 1. The summed E-state index contributed by atoms with van der Waals surface area (Å²) in [6.45, 7) is 5.57. The van der Waals surface area contributed by atoms with Crippen LogP contribution in [0.3, 0.4) is 0 Å². The Bertz CT molecular complexity index is 516. The number of urea groups is 1. The van der Waals surface area contributed by atoms with Crippen molar-refractivity contribution in [3.05, 3.63) is 36.9 Å². The van der Waals surface area contributed by atoms with Crippen molar-refractivity contribution < 1.29 is 9.59 Å². The number of piperazine rings is 1. The summed E-state index contributed by atoms with van der Waals surface area (Å²) >= 11 is 0. The van der Waals surface area contributed by atoms with Gasteiger partial charge in [-0.25, -0.2) is 4.79 Å². The second kappa shape index (κ2) is 6.60. The third-order valence-corrected chi connectivity index (χ3v) is 2.94. The molecule has 3 amide bonds. The highest BCUT2D eigenvalue weighted by molar-refractivity contribution is 5.94. The van der Waals surface area contributed by atoms with Gasteiger partial charge in [-0.05, 0) is 12.1 Å². The van der Waals surface area contributed by atoms with Crippen LogP contribution in [0.15, 0.2) is 36.9 Å². The quantitative estimate of drug-likeness (QED) is 0.715. The van der Waals surface area contributed by atoms with E-state index in [1.807, 2.05) is 29.2 Å². The van der Waals surface area contributed by atoms with E-state index in [0.717, 1.165) is 12.2 Å². The zero-order valence-electron chi connectivity index (χ0n) is 11.2. The maximum absolute atomic E-state index is 11.7. The number of para-hydroxylation sites is 2. The fourth-order valence-electron chi connectivity index (χ4n) is 2.03. The van der Waals surface area contributed by atoms with Gasteiger partial charge < -0.3 is 20.9 Å². The van der Waals surface area contributed by atoms with E-state index >= 15 is 0 Å². The molecule has 2 rings (SSSR count). The Labute approximate surface area is 117 Å². The molecule has 6 nitrogen and oxygen atoms in total. The number of hydrogen-bond acceptors (Lipinski definition) is 3. The average molecular weight is 274 g/mol. The lowest BCUT2D eigenvalue weighted by molar-refractivity contribution is -0.120. The van der Waals surface area contributed by atoms with Crippen LogP contribution in [0.2, 0.25) is 0 Å². The number of amides is 3. The lowest BCUT2D eigenvalue weighted by Gasteiger charge is -2.30. The van der Waals surface area contributed by atoms with Gasteiger partial charge in [0.1, 0.15) is 0 Å². The van der Waals surface area contributed by atoms with Crippen LogP contribution in [0.1, 0.15) is 0 Å². The zero-order chi connectivity index (χ0) is 14.4. The molecule has 6 heteroatoms. The molecule has 1 aromatic carbocycles. The molecule has 0 unspecified atom stereocenters. The van der Waals surface area contributed by atoms with E-state index in [1.54, 1.807) is 6.08 Å². The molecule has 1 heterocycles. The number of nitrogens with one attached hydrogen (secondary N) is 3. The molecular weight excluding hydrogens is 256 g/mol. The van der Waals surface area contributed by atoms with Gasteiger partial charge in [-0.3, -0.25) is 4.79 Å². The monoisotopic (exact) mass is 274 g/mol. The molecule has 1 aromatic rings. The van der Waals surface area contributed by atoms with Crippen molar-refractivity contribution in [2.45, 2.75) is 0 Å². The lowest BCUT2D eigenvalue weighted by Crippen LogP contribution is -2.48. The third kappa shape index (κ3) is 3.50. The molecule has 3 N–H and O–H groups in total. The molecule has 0 aromatic heterocycles. The first kappa shape index (κ1) is 13.9. The van der Waals surface area contributed by atoms with Crippen LogP contribution in [0.5, 0.6) is 0 Å². The van der Waals surface area contributed by atoms with Crippen LogP contribution in [0, 0.1) is 0 Å². The highest BCUT2D eigenvalue weighted by Crippen LogP contribution is 2.25. The van der Waals surface area contributed by atoms with Gasteiger partial charge in [-0.2, -0.15) is 0 Å². The minimum absolute atomic E-state index is 0.0119. The predicted octanol–water partition coefficient (Wildman–Crippen LogP) is 0.930. The van der Waals surface area contributed by atoms with Crippen molar-refractivity contribution in [1.82, 2.24) is 10.6 Å². The number of anilines is 2. The van der Waals surface area contributed by atoms with Crippen molar-refractivity contribution in [2.24, 2.45) is 0 Å². The summed E-state index contributed by atoms with van der Waals surface area (Å²) in [7, 11) is 0. The highest BCUT2D eigenvalue weighted by atomic mass is 16.2. The fraction of sp³-hybridized carbons (Fsp3) is 0.286. The van der Waals surface area contributed by atoms with E-state index in [2.05, 4.69) is 22.5 Å². The van der Waals surface area contributed by atoms with Gasteiger partial charge in [0, 0.05) is 19.6 Å². The van der Waals surface area contributed by atoms with E-state index in [0.29, 0.717) is 25.3 Å². The van der Waals surface area contributed by atoms with Gasteiger partial charge in [0.05, 0.1) is 17.9 Å². The van der Waals surface area contributed by atoms with Crippen LogP contribution >= 0.6 is 0 Å². The normalized spacial score (nSPS) is 14.4. The molecule has 20 heavy (non-hydrogen) atoms. The molecule has 0 atom stereocenters. The SMILES string of the molecule is C=CCNC(=O)Nc1ccccc1N1CCNC(=O)C1. The summed E-state index contributed by atoms with van der Waals surface area (Å²) in [4.78, 5) is 25.1. The summed E-state index contributed by atoms with van der Waals surface area (Å²) in [5.41, 5.74) is 1.53. The van der Waals surface area contributed by atoms with Crippen molar-refractivity contribution in [2.75, 3.05) is 36.4 Å². The Morgan fingerprint density at radius 3 is 3.00 bits per heavy atom. The minimum atomic E-state index is -0.293. The first-order chi connectivity index (χ1) is 9.70. The van der Waals surface area contributed by atoms with E-state index in [9.17, 15) is 9.59 Å². The van der Waals surface area contributed by atoms with Crippen molar-refractivity contribution in [1.29, 1.82) is 0 Å². The molecule has 0 aliphatic carbocycles. The van der Waals surface area contributed by atoms with Crippen LogP contribution in [0.4, 0.5) is 16.2 Å². The van der Waals surface area contributed by atoms with Gasteiger partial charge in [-0.15, -0.1) is 6.58 Å². The predicted molar refractivity (Wildman–Crippen MR) is 78.9 cm³/mol. The van der Waals surface area contributed by atoms with E-state index in [1.165, 1.54) is 0 Å². The van der Waals surface area contributed by atoms with Crippen molar-refractivity contribution >= 4 is 23.3 Å². The standard InChI is InChI=1S/C14H18N4O2/c1-2-7-16-14(20)17-11-5-3-4-6-12(11)18-9-8-15-13(19)10-18/h2-6H,1,7-10H2,(H,15,19)(H2,16,17,20). The summed E-state index contributed by atoms with van der Waals surface area (Å²) in [6.07, 6.45) is 1.61. The number of carbonyl (C=O) groups is 2. The van der Waals surface area contributed by atoms with Crippen molar-refractivity contribution in [3.63, 3.8) is 0 Å².